The number of aromatic nitrogens is 1. The van der Waals surface area contributed by atoms with Crippen molar-refractivity contribution in [2.75, 3.05) is 0 Å². The van der Waals surface area contributed by atoms with E-state index in [4.69, 9.17) is 4.74 Å². The van der Waals surface area contributed by atoms with Crippen LogP contribution in [-0.4, -0.2) is 16.6 Å². The third-order valence-corrected chi connectivity index (χ3v) is 1.95. The van der Waals surface area contributed by atoms with Crippen molar-refractivity contribution in [1.29, 1.82) is 0 Å². The summed E-state index contributed by atoms with van der Waals surface area (Å²) in [6.07, 6.45) is 1.69. The van der Waals surface area contributed by atoms with Gasteiger partial charge in [0.05, 0.1) is 11.3 Å². The molecule has 0 aliphatic heterocycles. The average molecular weight is 207 g/mol. The Bertz CT molecular complexity index is 357. The van der Waals surface area contributed by atoms with Gasteiger partial charge in [-0.1, -0.05) is 0 Å². The average Bonchev–Trinajstić information content (AvgIpc) is 1.99. The molecule has 1 heterocycles. The summed E-state index contributed by atoms with van der Waals surface area (Å²) < 4.78 is 5.31. The van der Waals surface area contributed by atoms with Gasteiger partial charge in [0.25, 0.3) is 0 Å². The number of pyridine rings is 1. The fourth-order valence-electron chi connectivity index (χ4n) is 1.33. The highest BCUT2D eigenvalue weighted by Crippen LogP contribution is 2.16. The number of carbonyl (C=O) groups is 1. The van der Waals surface area contributed by atoms with Crippen LogP contribution in [-0.2, 0) is 4.74 Å². The summed E-state index contributed by atoms with van der Waals surface area (Å²) >= 11 is 0. The standard InChI is InChI=1S/C12H17NO2/c1-8-6-7-13-9(2)10(8)11(14)15-12(3,4)5/h6-7H,1-5H3. The lowest BCUT2D eigenvalue weighted by Gasteiger charge is -2.20. The van der Waals surface area contributed by atoms with Gasteiger partial charge < -0.3 is 4.74 Å². The molecule has 3 heteroatoms. The zero-order chi connectivity index (χ0) is 11.6. The number of aryl methyl sites for hydroxylation is 2. The first kappa shape index (κ1) is 11.7. The van der Waals surface area contributed by atoms with Gasteiger partial charge in [-0.3, -0.25) is 4.98 Å². The van der Waals surface area contributed by atoms with Gasteiger partial charge in [0.15, 0.2) is 0 Å². The number of ether oxygens (including phenoxy) is 1. The molecule has 15 heavy (non-hydrogen) atoms. The van der Waals surface area contributed by atoms with E-state index in [-0.39, 0.29) is 5.97 Å². The second-order valence-corrected chi connectivity index (χ2v) is 4.59. The Kier molecular flexibility index (Phi) is 3.12. The van der Waals surface area contributed by atoms with Crippen LogP contribution >= 0.6 is 0 Å². The van der Waals surface area contributed by atoms with Crippen LogP contribution in [0.4, 0.5) is 0 Å². The van der Waals surface area contributed by atoms with Crippen molar-refractivity contribution in [2.45, 2.75) is 40.2 Å². The number of carbonyl (C=O) groups excluding carboxylic acids is 1. The first-order chi connectivity index (χ1) is 6.81. The third kappa shape index (κ3) is 3.05. The molecule has 0 spiro atoms. The summed E-state index contributed by atoms with van der Waals surface area (Å²) in [5, 5.41) is 0. The highest BCUT2D eigenvalue weighted by molar-refractivity contribution is 5.92. The molecule has 0 aliphatic carbocycles. The van der Waals surface area contributed by atoms with Gasteiger partial charge in [-0.25, -0.2) is 4.79 Å². The van der Waals surface area contributed by atoms with E-state index in [2.05, 4.69) is 4.98 Å². The molecule has 0 aliphatic rings. The minimum absolute atomic E-state index is 0.300. The fourth-order valence-corrected chi connectivity index (χ4v) is 1.33. The lowest BCUT2D eigenvalue weighted by Crippen LogP contribution is -2.25. The summed E-state index contributed by atoms with van der Waals surface area (Å²) in [5.41, 5.74) is 1.72. The summed E-state index contributed by atoms with van der Waals surface area (Å²) in [5.74, 6) is -0.300. The molecule has 0 aromatic carbocycles. The van der Waals surface area contributed by atoms with E-state index < -0.39 is 5.60 Å². The van der Waals surface area contributed by atoms with E-state index >= 15 is 0 Å². The predicted octanol–water partition coefficient (Wildman–Crippen LogP) is 2.65. The van der Waals surface area contributed by atoms with E-state index in [1.807, 2.05) is 40.7 Å². The lowest BCUT2D eigenvalue weighted by atomic mass is 10.1. The van der Waals surface area contributed by atoms with Crippen molar-refractivity contribution in [2.24, 2.45) is 0 Å². The predicted molar refractivity (Wildman–Crippen MR) is 58.9 cm³/mol. The van der Waals surface area contributed by atoms with Crippen molar-refractivity contribution < 1.29 is 9.53 Å². The van der Waals surface area contributed by atoms with Gasteiger partial charge in [0.2, 0.25) is 0 Å². The molecule has 1 rings (SSSR count). The fraction of sp³-hybridized carbons (Fsp3) is 0.500. The molecule has 0 amide bonds. The Morgan fingerprint density at radius 1 is 1.33 bits per heavy atom. The molecule has 0 saturated carbocycles. The van der Waals surface area contributed by atoms with E-state index in [1.165, 1.54) is 0 Å². The summed E-state index contributed by atoms with van der Waals surface area (Å²) in [4.78, 5) is 15.9. The molecule has 0 radical (unpaired) electrons. The third-order valence-electron chi connectivity index (χ3n) is 1.95. The molecular formula is C12H17NO2. The van der Waals surface area contributed by atoms with Crippen molar-refractivity contribution in [1.82, 2.24) is 4.98 Å². The van der Waals surface area contributed by atoms with Crippen LogP contribution in [0.3, 0.4) is 0 Å². The molecule has 0 atom stereocenters. The van der Waals surface area contributed by atoms with E-state index in [1.54, 1.807) is 6.20 Å². The van der Waals surface area contributed by atoms with Crippen molar-refractivity contribution in [3.8, 4) is 0 Å². The van der Waals surface area contributed by atoms with E-state index in [0.717, 1.165) is 5.56 Å². The minimum Gasteiger partial charge on any atom is -0.456 e. The largest absolute Gasteiger partial charge is 0.456 e. The van der Waals surface area contributed by atoms with Crippen molar-refractivity contribution in [3.63, 3.8) is 0 Å². The molecule has 82 valence electrons. The van der Waals surface area contributed by atoms with Crippen LogP contribution < -0.4 is 0 Å². The van der Waals surface area contributed by atoms with E-state index in [9.17, 15) is 4.79 Å². The first-order valence-corrected chi connectivity index (χ1v) is 4.97. The van der Waals surface area contributed by atoms with Crippen LogP contribution in [0, 0.1) is 13.8 Å². The topological polar surface area (TPSA) is 39.2 Å². The van der Waals surface area contributed by atoms with Crippen LogP contribution in [0.15, 0.2) is 12.3 Å². The maximum Gasteiger partial charge on any atom is 0.340 e. The number of nitrogens with zero attached hydrogens (tertiary/aromatic N) is 1. The van der Waals surface area contributed by atoms with Gasteiger partial charge >= 0.3 is 5.97 Å². The number of hydrogen-bond donors (Lipinski definition) is 0. The SMILES string of the molecule is Cc1ccnc(C)c1C(=O)OC(C)(C)C. The van der Waals surface area contributed by atoms with Gasteiger partial charge in [0.1, 0.15) is 5.60 Å². The molecule has 0 unspecified atom stereocenters. The smallest absolute Gasteiger partial charge is 0.340 e. The van der Waals surface area contributed by atoms with Crippen LogP contribution in [0.2, 0.25) is 0 Å². The second kappa shape index (κ2) is 4.01. The van der Waals surface area contributed by atoms with Gasteiger partial charge in [-0.15, -0.1) is 0 Å². The highest BCUT2D eigenvalue weighted by Gasteiger charge is 2.21. The summed E-state index contributed by atoms with van der Waals surface area (Å²) in [7, 11) is 0. The Labute approximate surface area is 90.5 Å². The first-order valence-electron chi connectivity index (χ1n) is 4.97. The number of rotatable bonds is 1. The number of hydrogen-bond acceptors (Lipinski definition) is 3. The zero-order valence-electron chi connectivity index (χ0n) is 9.92. The van der Waals surface area contributed by atoms with Crippen LogP contribution in [0.5, 0.6) is 0 Å². The van der Waals surface area contributed by atoms with Crippen molar-refractivity contribution in [3.05, 3.63) is 29.1 Å². The second-order valence-electron chi connectivity index (χ2n) is 4.59. The molecule has 1 aromatic heterocycles. The maximum atomic E-state index is 11.8. The van der Waals surface area contributed by atoms with Crippen molar-refractivity contribution >= 4 is 5.97 Å². The van der Waals surface area contributed by atoms with Crippen LogP contribution in [0.1, 0.15) is 42.4 Å². The lowest BCUT2D eigenvalue weighted by molar-refractivity contribution is 0.00674. The Hall–Kier alpha value is -1.38. The quantitative estimate of drug-likeness (QED) is 0.664. The molecular weight excluding hydrogens is 190 g/mol. The highest BCUT2D eigenvalue weighted by atomic mass is 16.6. The summed E-state index contributed by atoms with van der Waals surface area (Å²) in [6, 6.07) is 1.81. The normalized spacial score (nSPS) is 11.3. The molecule has 0 N–H and O–H groups in total. The Balaban J connectivity index is 3.02. The minimum atomic E-state index is -0.466. The zero-order valence-corrected chi connectivity index (χ0v) is 9.92. The monoisotopic (exact) mass is 207 g/mol. The Morgan fingerprint density at radius 3 is 2.40 bits per heavy atom. The molecule has 3 nitrogen and oxygen atoms in total. The molecule has 1 aromatic rings. The molecule has 0 bridgehead atoms. The Morgan fingerprint density at radius 2 is 1.93 bits per heavy atom. The van der Waals surface area contributed by atoms with E-state index in [0.29, 0.717) is 11.3 Å². The van der Waals surface area contributed by atoms with Gasteiger partial charge in [-0.2, -0.15) is 0 Å². The number of esters is 1. The van der Waals surface area contributed by atoms with Gasteiger partial charge in [0, 0.05) is 6.20 Å². The van der Waals surface area contributed by atoms with Gasteiger partial charge in [-0.05, 0) is 46.2 Å². The summed E-state index contributed by atoms with van der Waals surface area (Å²) in [6.45, 7) is 9.25. The molecule has 0 saturated heterocycles. The van der Waals surface area contributed by atoms with Crippen LogP contribution in [0.25, 0.3) is 0 Å². The molecule has 0 fully saturated rings. The maximum absolute atomic E-state index is 11.8.